The fraction of sp³-hybridized carbons (Fsp3) is 0.562. The molecule has 0 unspecified atom stereocenters. The average Bonchev–Trinajstić information content (AvgIpc) is 2.68. The Bertz CT molecular complexity index is 647. The van der Waals surface area contributed by atoms with Crippen molar-refractivity contribution in [3.8, 4) is 0 Å². The van der Waals surface area contributed by atoms with Crippen molar-refractivity contribution in [1.29, 1.82) is 0 Å². The summed E-state index contributed by atoms with van der Waals surface area (Å²) in [6.45, 7) is 6.93. The van der Waals surface area contributed by atoms with Crippen molar-refractivity contribution >= 4 is 23.5 Å². The molecule has 3 rings (SSSR count). The summed E-state index contributed by atoms with van der Waals surface area (Å²) in [5, 5.41) is 2.86. The molecule has 1 saturated heterocycles. The molecule has 0 bridgehead atoms. The molecule has 1 aromatic heterocycles. The first kappa shape index (κ1) is 15.6. The Morgan fingerprint density at radius 1 is 1.39 bits per heavy atom. The van der Waals surface area contributed by atoms with Crippen LogP contribution in [0, 0.1) is 0 Å². The molecule has 0 radical (unpaired) electrons. The predicted octanol–water partition coefficient (Wildman–Crippen LogP) is 1.31. The van der Waals surface area contributed by atoms with Gasteiger partial charge in [-0.05, 0) is 26.8 Å². The van der Waals surface area contributed by atoms with E-state index in [1.807, 2.05) is 26.8 Å². The van der Waals surface area contributed by atoms with Gasteiger partial charge in [0, 0.05) is 37.6 Å². The molecule has 0 aromatic carbocycles. The zero-order chi connectivity index (χ0) is 16.8. The average molecular weight is 318 g/mol. The van der Waals surface area contributed by atoms with Crippen LogP contribution in [0.3, 0.4) is 0 Å². The molecule has 124 valence electrons. The SMILES string of the molecule is CN1C(=O)Cc2c(N3CC(NC(=O)OC(C)(C)C)C3)ccnc21. The molecule has 0 spiro atoms. The van der Waals surface area contributed by atoms with Crippen LogP contribution < -0.4 is 15.1 Å². The molecule has 7 heteroatoms. The molecule has 2 amide bonds. The third-order valence-corrected chi connectivity index (χ3v) is 3.97. The maximum absolute atomic E-state index is 11.8. The number of alkyl carbamates (subject to hydrolysis) is 1. The lowest BCUT2D eigenvalue weighted by molar-refractivity contribution is -0.117. The number of ether oxygens (including phenoxy) is 1. The van der Waals surface area contributed by atoms with E-state index in [2.05, 4.69) is 15.2 Å². The van der Waals surface area contributed by atoms with Crippen molar-refractivity contribution < 1.29 is 14.3 Å². The number of fused-ring (bicyclic) bond motifs is 1. The van der Waals surface area contributed by atoms with E-state index in [4.69, 9.17) is 4.74 Å². The summed E-state index contributed by atoms with van der Waals surface area (Å²) in [6.07, 6.45) is 1.71. The molecule has 1 N–H and O–H groups in total. The van der Waals surface area contributed by atoms with Crippen molar-refractivity contribution in [3.05, 3.63) is 17.8 Å². The fourth-order valence-corrected chi connectivity index (χ4v) is 2.86. The summed E-state index contributed by atoms with van der Waals surface area (Å²) in [4.78, 5) is 31.6. The number of carbonyl (C=O) groups is 2. The largest absolute Gasteiger partial charge is 0.444 e. The van der Waals surface area contributed by atoms with Crippen LogP contribution in [0.2, 0.25) is 0 Å². The minimum atomic E-state index is -0.496. The molecule has 7 nitrogen and oxygen atoms in total. The van der Waals surface area contributed by atoms with Gasteiger partial charge in [-0.1, -0.05) is 0 Å². The smallest absolute Gasteiger partial charge is 0.407 e. The Balaban J connectivity index is 1.61. The predicted molar refractivity (Wildman–Crippen MR) is 86.7 cm³/mol. The van der Waals surface area contributed by atoms with Gasteiger partial charge in [0.2, 0.25) is 5.91 Å². The van der Waals surface area contributed by atoms with E-state index in [1.165, 1.54) is 0 Å². The van der Waals surface area contributed by atoms with E-state index in [0.717, 1.165) is 17.1 Å². The highest BCUT2D eigenvalue weighted by molar-refractivity contribution is 6.01. The normalized spacial score (nSPS) is 17.8. The summed E-state index contributed by atoms with van der Waals surface area (Å²) in [6, 6.07) is 1.98. The Morgan fingerprint density at radius 3 is 2.74 bits per heavy atom. The van der Waals surface area contributed by atoms with Crippen LogP contribution in [0.15, 0.2) is 12.3 Å². The Morgan fingerprint density at radius 2 is 2.09 bits per heavy atom. The maximum Gasteiger partial charge on any atom is 0.407 e. The van der Waals surface area contributed by atoms with Gasteiger partial charge in [-0.3, -0.25) is 9.69 Å². The van der Waals surface area contributed by atoms with Crippen LogP contribution in [0.4, 0.5) is 16.3 Å². The third kappa shape index (κ3) is 3.09. The number of hydrogen-bond donors (Lipinski definition) is 1. The molecular formula is C16H22N4O3. The van der Waals surface area contributed by atoms with Crippen LogP contribution in [-0.4, -0.2) is 48.8 Å². The summed E-state index contributed by atoms with van der Waals surface area (Å²) in [7, 11) is 1.74. The molecule has 0 aliphatic carbocycles. The summed E-state index contributed by atoms with van der Waals surface area (Å²) in [5.74, 6) is 0.792. The van der Waals surface area contributed by atoms with Gasteiger partial charge in [0.1, 0.15) is 11.4 Å². The second-order valence-electron chi connectivity index (χ2n) is 7.01. The van der Waals surface area contributed by atoms with Gasteiger partial charge in [-0.25, -0.2) is 9.78 Å². The molecule has 1 aromatic rings. The van der Waals surface area contributed by atoms with Crippen LogP contribution in [0.5, 0.6) is 0 Å². The van der Waals surface area contributed by atoms with E-state index < -0.39 is 11.7 Å². The van der Waals surface area contributed by atoms with Gasteiger partial charge in [0.25, 0.3) is 0 Å². The second kappa shape index (κ2) is 5.40. The Hall–Kier alpha value is -2.31. The van der Waals surface area contributed by atoms with Crippen molar-refractivity contribution in [2.24, 2.45) is 0 Å². The lowest BCUT2D eigenvalue weighted by Gasteiger charge is -2.42. The van der Waals surface area contributed by atoms with Crippen molar-refractivity contribution in [2.75, 3.05) is 29.9 Å². The topological polar surface area (TPSA) is 74.8 Å². The molecule has 0 atom stereocenters. The van der Waals surface area contributed by atoms with Gasteiger partial charge >= 0.3 is 6.09 Å². The summed E-state index contributed by atoms with van der Waals surface area (Å²) < 4.78 is 5.26. The number of aromatic nitrogens is 1. The summed E-state index contributed by atoms with van der Waals surface area (Å²) in [5.41, 5.74) is 1.50. The highest BCUT2D eigenvalue weighted by Gasteiger charge is 2.35. The van der Waals surface area contributed by atoms with E-state index in [1.54, 1.807) is 18.1 Å². The number of rotatable bonds is 2. The summed E-state index contributed by atoms with van der Waals surface area (Å²) >= 11 is 0. The third-order valence-electron chi connectivity index (χ3n) is 3.97. The van der Waals surface area contributed by atoms with E-state index in [0.29, 0.717) is 19.5 Å². The molecular weight excluding hydrogens is 296 g/mol. The standard InChI is InChI=1S/C16H22N4O3/c1-16(2,3)23-15(22)18-10-8-20(9-10)12-5-6-17-14-11(12)7-13(21)19(14)4/h5-6,10H,7-9H2,1-4H3,(H,18,22). The van der Waals surface area contributed by atoms with Crippen molar-refractivity contribution in [3.63, 3.8) is 0 Å². The Labute approximate surface area is 135 Å². The van der Waals surface area contributed by atoms with Gasteiger partial charge in [-0.15, -0.1) is 0 Å². The Kier molecular flexibility index (Phi) is 3.66. The zero-order valence-corrected chi connectivity index (χ0v) is 13.9. The van der Waals surface area contributed by atoms with Crippen molar-refractivity contribution in [1.82, 2.24) is 10.3 Å². The quantitative estimate of drug-likeness (QED) is 0.890. The highest BCUT2D eigenvalue weighted by atomic mass is 16.6. The lowest BCUT2D eigenvalue weighted by atomic mass is 10.0. The number of carbonyl (C=O) groups excluding carboxylic acids is 2. The molecule has 3 heterocycles. The molecule has 2 aliphatic heterocycles. The van der Waals surface area contributed by atoms with E-state index in [-0.39, 0.29) is 11.9 Å². The van der Waals surface area contributed by atoms with Gasteiger partial charge in [-0.2, -0.15) is 0 Å². The second-order valence-corrected chi connectivity index (χ2v) is 7.01. The zero-order valence-electron chi connectivity index (χ0n) is 13.9. The molecule has 23 heavy (non-hydrogen) atoms. The number of nitrogens with zero attached hydrogens (tertiary/aromatic N) is 3. The number of anilines is 2. The first-order valence-corrected chi connectivity index (χ1v) is 7.73. The lowest BCUT2D eigenvalue weighted by Crippen LogP contribution is -2.60. The van der Waals surface area contributed by atoms with Gasteiger partial charge in [0.15, 0.2) is 0 Å². The van der Waals surface area contributed by atoms with Crippen molar-refractivity contribution in [2.45, 2.75) is 38.8 Å². The first-order chi connectivity index (χ1) is 10.7. The van der Waals surface area contributed by atoms with Gasteiger partial charge < -0.3 is 15.0 Å². The number of hydrogen-bond acceptors (Lipinski definition) is 5. The highest BCUT2D eigenvalue weighted by Crippen LogP contribution is 2.35. The van der Waals surface area contributed by atoms with Crippen LogP contribution in [0.25, 0.3) is 0 Å². The maximum atomic E-state index is 11.8. The first-order valence-electron chi connectivity index (χ1n) is 7.73. The molecule has 2 aliphatic rings. The van der Waals surface area contributed by atoms with Gasteiger partial charge in [0.05, 0.1) is 12.5 Å². The van der Waals surface area contributed by atoms with E-state index in [9.17, 15) is 9.59 Å². The fourth-order valence-electron chi connectivity index (χ4n) is 2.86. The molecule has 0 saturated carbocycles. The number of nitrogens with one attached hydrogen (secondary N) is 1. The number of amides is 2. The van der Waals surface area contributed by atoms with Crippen LogP contribution in [0.1, 0.15) is 26.3 Å². The van der Waals surface area contributed by atoms with E-state index >= 15 is 0 Å². The van der Waals surface area contributed by atoms with Crippen LogP contribution in [-0.2, 0) is 16.0 Å². The number of likely N-dealkylation sites (N-methyl/N-ethyl adjacent to an activating group) is 1. The minimum Gasteiger partial charge on any atom is -0.444 e. The monoisotopic (exact) mass is 318 g/mol. The number of pyridine rings is 1. The minimum absolute atomic E-state index is 0.0588. The molecule has 1 fully saturated rings. The van der Waals surface area contributed by atoms with Crippen LogP contribution >= 0.6 is 0 Å².